The van der Waals surface area contributed by atoms with Crippen molar-refractivity contribution in [2.75, 3.05) is 5.73 Å². The van der Waals surface area contributed by atoms with Gasteiger partial charge >= 0.3 is 0 Å². The number of pyridine rings is 1. The van der Waals surface area contributed by atoms with E-state index in [4.69, 9.17) is 5.73 Å². The fourth-order valence-electron chi connectivity index (χ4n) is 1.15. The second-order valence-corrected chi connectivity index (χ2v) is 2.60. The molecule has 2 aromatic rings. The summed E-state index contributed by atoms with van der Waals surface area (Å²) in [4.78, 5) is 7.28. The Bertz CT molecular complexity index is 389. The highest BCUT2D eigenvalue weighted by Crippen LogP contribution is 2.15. The number of nitrogens with two attached hydrogens (primary N) is 1. The van der Waals surface area contributed by atoms with Crippen molar-refractivity contribution in [3.05, 3.63) is 23.9 Å². The predicted octanol–water partition coefficient (Wildman–Crippen LogP) is 1.45. The van der Waals surface area contributed by atoms with Crippen molar-refractivity contribution in [3.8, 4) is 0 Å². The monoisotopic (exact) mass is 147 g/mol. The van der Waals surface area contributed by atoms with E-state index in [0.717, 1.165) is 16.6 Å². The van der Waals surface area contributed by atoms with Crippen molar-refractivity contribution in [1.29, 1.82) is 0 Å². The molecule has 0 unspecified atom stereocenters. The van der Waals surface area contributed by atoms with Gasteiger partial charge in [-0.3, -0.25) is 0 Å². The number of aromatic amines is 1. The van der Waals surface area contributed by atoms with Crippen LogP contribution in [0.25, 0.3) is 11.0 Å². The Morgan fingerprint density at radius 3 is 3.09 bits per heavy atom. The number of anilines is 1. The first kappa shape index (κ1) is 6.22. The molecule has 2 heterocycles. The lowest BCUT2D eigenvalue weighted by atomic mass is 10.3. The third-order valence-electron chi connectivity index (χ3n) is 1.73. The van der Waals surface area contributed by atoms with Gasteiger partial charge in [0.2, 0.25) is 0 Å². The van der Waals surface area contributed by atoms with Gasteiger partial charge in [0.1, 0.15) is 5.82 Å². The van der Waals surface area contributed by atoms with Crippen LogP contribution >= 0.6 is 0 Å². The average molecular weight is 147 g/mol. The van der Waals surface area contributed by atoms with Crippen molar-refractivity contribution in [2.45, 2.75) is 6.92 Å². The minimum absolute atomic E-state index is 0.570. The first-order valence-electron chi connectivity index (χ1n) is 3.47. The van der Waals surface area contributed by atoms with Gasteiger partial charge in [0.15, 0.2) is 0 Å². The molecule has 0 spiro atoms. The third-order valence-corrected chi connectivity index (χ3v) is 1.73. The van der Waals surface area contributed by atoms with E-state index in [1.54, 1.807) is 6.07 Å². The van der Waals surface area contributed by atoms with Gasteiger partial charge in [-0.15, -0.1) is 0 Å². The molecule has 0 bridgehead atoms. The quantitative estimate of drug-likeness (QED) is 0.592. The first-order valence-corrected chi connectivity index (χ1v) is 3.47. The van der Waals surface area contributed by atoms with Crippen molar-refractivity contribution in [1.82, 2.24) is 9.97 Å². The lowest BCUT2D eigenvalue weighted by molar-refractivity contribution is 1.40. The third kappa shape index (κ3) is 0.852. The number of aryl methyl sites for hydroxylation is 1. The second kappa shape index (κ2) is 1.99. The van der Waals surface area contributed by atoms with Crippen LogP contribution in [0.5, 0.6) is 0 Å². The van der Waals surface area contributed by atoms with E-state index in [1.807, 2.05) is 19.2 Å². The summed E-state index contributed by atoms with van der Waals surface area (Å²) in [6, 6.07) is 3.73. The van der Waals surface area contributed by atoms with Crippen LogP contribution in [-0.2, 0) is 0 Å². The smallest absolute Gasteiger partial charge is 0.124 e. The summed E-state index contributed by atoms with van der Waals surface area (Å²) in [5.74, 6) is 0.570. The maximum Gasteiger partial charge on any atom is 0.124 e. The van der Waals surface area contributed by atoms with E-state index in [-0.39, 0.29) is 0 Å². The number of hydrogen-bond donors (Lipinski definition) is 2. The zero-order valence-electron chi connectivity index (χ0n) is 6.26. The lowest BCUT2D eigenvalue weighted by Crippen LogP contribution is -1.88. The van der Waals surface area contributed by atoms with Crippen LogP contribution in [0.2, 0.25) is 0 Å². The van der Waals surface area contributed by atoms with Gasteiger partial charge in [-0.2, -0.15) is 0 Å². The summed E-state index contributed by atoms with van der Waals surface area (Å²) in [7, 11) is 0. The van der Waals surface area contributed by atoms with Crippen molar-refractivity contribution < 1.29 is 0 Å². The molecule has 3 heteroatoms. The Labute approximate surface area is 64.2 Å². The number of aromatic nitrogens is 2. The lowest BCUT2D eigenvalue weighted by Gasteiger charge is -1.92. The average Bonchev–Trinajstić information content (AvgIpc) is 2.33. The number of nitrogens with zero attached hydrogens (tertiary/aromatic N) is 1. The van der Waals surface area contributed by atoms with Gasteiger partial charge < -0.3 is 10.7 Å². The van der Waals surface area contributed by atoms with Crippen LogP contribution in [0.15, 0.2) is 18.3 Å². The summed E-state index contributed by atoms with van der Waals surface area (Å²) in [6.45, 7) is 2.01. The van der Waals surface area contributed by atoms with Gasteiger partial charge in [0.25, 0.3) is 0 Å². The van der Waals surface area contributed by atoms with Crippen molar-refractivity contribution in [3.63, 3.8) is 0 Å². The molecule has 2 rings (SSSR count). The van der Waals surface area contributed by atoms with E-state index in [0.29, 0.717) is 5.82 Å². The van der Waals surface area contributed by atoms with Crippen molar-refractivity contribution in [2.24, 2.45) is 0 Å². The normalized spacial score (nSPS) is 10.6. The van der Waals surface area contributed by atoms with Gasteiger partial charge in [-0.1, -0.05) is 0 Å². The topological polar surface area (TPSA) is 54.7 Å². The van der Waals surface area contributed by atoms with Crippen LogP contribution in [0.4, 0.5) is 5.82 Å². The Morgan fingerprint density at radius 1 is 1.45 bits per heavy atom. The van der Waals surface area contributed by atoms with Crippen LogP contribution in [0, 0.1) is 6.92 Å². The molecular weight excluding hydrogens is 138 g/mol. The maximum atomic E-state index is 5.53. The van der Waals surface area contributed by atoms with E-state index < -0.39 is 0 Å². The highest BCUT2D eigenvalue weighted by Gasteiger charge is 1.99. The minimum atomic E-state index is 0.570. The SMILES string of the molecule is Cc1c[nH]c2ccc(N)nc12. The van der Waals surface area contributed by atoms with Crippen molar-refractivity contribution >= 4 is 16.9 Å². The molecule has 0 aliphatic carbocycles. The Balaban J connectivity index is 2.87. The number of H-pyrrole nitrogens is 1. The zero-order valence-corrected chi connectivity index (χ0v) is 6.26. The van der Waals surface area contributed by atoms with Crippen LogP contribution < -0.4 is 5.73 Å². The maximum absolute atomic E-state index is 5.53. The molecule has 0 aliphatic rings. The number of fused-ring (bicyclic) bond motifs is 1. The molecule has 3 nitrogen and oxygen atoms in total. The van der Waals surface area contributed by atoms with E-state index in [9.17, 15) is 0 Å². The summed E-state index contributed by atoms with van der Waals surface area (Å²) >= 11 is 0. The minimum Gasteiger partial charge on any atom is -0.384 e. The van der Waals surface area contributed by atoms with Gasteiger partial charge in [-0.05, 0) is 24.6 Å². The molecule has 0 fully saturated rings. The molecule has 0 radical (unpaired) electrons. The summed E-state index contributed by atoms with van der Waals surface area (Å²) in [5, 5.41) is 0. The molecule has 0 amide bonds. The van der Waals surface area contributed by atoms with Crippen LogP contribution in [0.1, 0.15) is 5.56 Å². The number of hydrogen-bond acceptors (Lipinski definition) is 2. The highest BCUT2D eigenvalue weighted by atomic mass is 14.9. The van der Waals surface area contributed by atoms with Gasteiger partial charge in [0.05, 0.1) is 11.0 Å². The van der Waals surface area contributed by atoms with E-state index in [2.05, 4.69) is 9.97 Å². The number of rotatable bonds is 0. The standard InChI is InChI=1S/C8H9N3/c1-5-4-10-6-2-3-7(9)11-8(5)6/h2-4,10H,1H3,(H2,9,11). The molecule has 2 aromatic heterocycles. The summed E-state index contributed by atoms with van der Waals surface area (Å²) in [6.07, 6.45) is 1.93. The summed E-state index contributed by atoms with van der Waals surface area (Å²) < 4.78 is 0. The van der Waals surface area contributed by atoms with Crippen LogP contribution in [-0.4, -0.2) is 9.97 Å². The fourth-order valence-corrected chi connectivity index (χ4v) is 1.15. The van der Waals surface area contributed by atoms with Gasteiger partial charge in [-0.25, -0.2) is 4.98 Å². The van der Waals surface area contributed by atoms with E-state index >= 15 is 0 Å². The number of nitrogens with one attached hydrogen (secondary N) is 1. The molecular formula is C8H9N3. The summed E-state index contributed by atoms with van der Waals surface area (Å²) in [5.41, 5.74) is 8.66. The fraction of sp³-hybridized carbons (Fsp3) is 0.125. The molecule has 56 valence electrons. The largest absolute Gasteiger partial charge is 0.384 e. The molecule has 0 saturated heterocycles. The Hall–Kier alpha value is -1.51. The highest BCUT2D eigenvalue weighted by molar-refractivity contribution is 5.79. The Morgan fingerprint density at radius 2 is 2.27 bits per heavy atom. The molecule has 0 atom stereocenters. The molecule has 0 aliphatic heterocycles. The molecule has 0 aromatic carbocycles. The second-order valence-electron chi connectivity index (χ2n) is 2.60. The predicted molar refractivity (Wildman–Crippen MR) is 45.2 cm³/mol. The van der Waals surface area contributed by atoms with E-state index in [1.165, 1.54) is 0 Å². The molecule has 11 heavy (non-hydrogen) atoms. The van der Waals surface area contributed by atoms with Gasteiger partial charge in [0, 0.05) is 6.20 Å². The zero-order chi connectivity index (χ0) is 7.84. The Kier molecular flexibility index (Phi) is 1.12. The molecule has 3 N–H and O–H groups in total. The molecule has 0 saturated carbocycles. The van der Waals surface area contributed by atoms with Crippen LogP contribution in [0.3, 0.4) is 0 Å². The first-order chi connectivity index (χ1) is 5.27. The number of nitrogen functional groups attached to an aromatic ring is 1.